The fraction of sp³-hybridized carbons (Fsp3) is 0.0500. The third-order valence-corrected chi connectivity index (χ3v) is 3.75. The second kappa shape index (κ2) is 8.51. The van der Waals surface area contributed by atoms with E-state index in [1.54, 1.807) is 24.3 Å². The molecule has 0 atom stereocenters. The molecule has 0 saturated heterocycles. The summed E-state index contributed by atoms with van der Waals surface area (Å²) in [6, 6.07) is 16.0. The highest BCUT2D eigenvalue weighted by atomic mass is 19.2. The standard InChI is InChI=1S/C20H13F5N2O/c21-15-16(22)18(24)20(19(25)17(15)23)27-26-10-13-8-4-5-9-14(13)28-11-12-6-2-1-3-7-12/h1-10,27H,11H2. The van der Waals surface area contributed by atoms with Gasteiger partial charge in [0.15, 0.2) is 23.3 Å². The molecule has 0 unspecified atom stereocenters. The topological polar surface area (TPSA) is 33.6 Å². The lowest BCUT2D eigenvalue weighted by Gasteiger charge is -2.09. The summed E-state index contributed by atoms with van der Waals surface area (Å²) < 4.78 is 72.4. The van der Waals surface area contributed by atoms with Crippen molar-refractivity contribution in [3.05, 3.63) is 94.8 Å². The van der Waals surface area contributed by atoms with E-state index in [2.05, 4.69) is 5.10 Å². The molecule has 0 fully saturated rings. The van der Waals surface area contributed by atoms with E-state index in [9.17, 15) is 22.0 Å². The van der Waals surface area contributed by atoms with Gasteiger partial charge in [0.1, 0.15) is 18.0 Å². The van der Waals surface area contributed by atoms with Gasteiger partial charge in [-0.1, -0.05) is 42.5 Å². The van der Waals surface area contributed by atoms with E-state index < -0.39 is 34.8 Å². The Morgan fingerprint density at radius 3 is 2.00 bits per heavy atom. The molecular formula is C20H13F5N2O. The number of nitrogens with one attached hydrogen (secondary N) is 1. The van der Waals surface area contributed by atoms with Crippen LogP contribution in [-0.4, -0.2) is 6.21 Å². The van der Waals surface area contributed by atoms with E-state index in [0.29, 0.717) is 11.3 Å². The number of para-hydroxylation sites is 1. The quantitative estimate of drug-likeness (QED) is 0.200. The van der Waals surface area contributed by atoms with Crippen LogP contribution >= 0.6 is 0 Å². The number of hydrogen-bond donors (Lipinski definition) is 1. The lowest BCUT2D eigenvalue weighted by atomic mass is 10.2. The maximum absolute atomic E-state index is 13.6. The highest BCUT2D eigenvalue weighted by molar-refractivity contribution is 5.84. The first-order chi connectivity index (χ1) is 13.5. The summed E-state index contributed by atoms with van der Waals surface area (Å²) in [5, 5.41) is 3.57. The van der Waals surface area contributed by atoms with E-state index in [1.165, 1.54) is 0 Å². The summed E-state index contributed by atoms with van der Waals surface area (Å²) >= 11 is 0. The van der Waals surface area contributed by atoms with E-state index in [1.807, 2.05) is 35.8 Å². The number of rotatable bonds is 6. The summed E-state index contributed by atoms with van der Waals surface area (Å²) in [5.41, 5.74) is 1.98. The molecule has 0 heterocycles. The lowest BCUT2D eigenvalue weighted by Crippen LogP contribution is -2.06. The van der Waals surface area contributed by atoms with Gasteiger partial charge in [-0.25, -0.2) is 22.0 Å². The van der Waals surface area contributed by atoms with Gasteiger partial charge in [0.25, 0.3) is 0 Å². The molecule has 0 radical (unpaired) electrons. The van der Waals surface area contributed by atoms with Crippen LogP contribution in [0.25, 0.3) is 0 Å². The minimum atomic E-state index is -2.23. The van der Waals surface area contributed by atoms with Crippen LogP contribution in [0.15, 0.2) is 59.7 Å². The maximum Gasteiger partial charge on any atom is 0.200 e. The summed E-state index contributed by atoms with van der Waals surface area (Å²) in [4.78, 5) is 0. The van der Waals surface area contributed by atoms with Crippen molar-refractivity contribution in [1.82, 2.24) is 0 Å². The first kappa shape index (κ1) is 19.3. The van der Waals surface area contributed by atoms with Crippen LogP contribution in [0, 0.1) is 29.1 Å². The van der Waals surface area contributed by atoms with Gasteiger partial charge in [-0.05, 0) is 17.7 Å². The van der Waals surface area contributed by atoms with Gasteiger partial charge < -0.3 is 4.74 Å². The number of benzene rings is 3. The molecule has 0 saturated carbocycles. The number of hydrogen-bond acceptors (Lipinski definition) is 3. The first-order valence-electron chi connectivity index (χ1n) is 8.05. The molecule has 0 aliphatic rings. The second-order valence-electron chi connectivity index (χ2n) is 5.63. The van der Waals surface area contributed by atoms with Crippen molar-refractivity contribution < 1.29 is 26.7 Å². The highest BCUT2D eigenvalue weighted by Crippen LogP contribution is 2.27. The minimum absolute atomic E-state index is 0.275. The zero-order chi connectivity index (χ0) is 20.1. The van der Waals surface area contributed by atoms with Crippen molar-refractivity contribution >= 4 is 11.9 Å². The number of anilines is 1. The predicted octanol–water partition coefficient (Wildman–Crippen LogP) is 5.41. The Bertz CT molecular complexity index is 980. The molecule has 0 spiro atoms. The Kier molecular flexibility index (Phi) is 5.88. The van der Waals surface area contributed by atoms with Gasteiger partial charge in [0, 0.05) is 5.56 Å². The van der Waals surface area contributed by atoms with Crippen molar-refractivity contribution in [2.75, 3.05) is 5.43 Å². The zero-order valence-electron chi connectivity index (χ0n) is 14.2. The number of nitrogens with zero attached hydrogens (tertiary/aromatic N) is 1. The van der Waals surface area contributed by atoms with Gasteiger partial charge in [-0.15, -0.1) is 0 Å². The fourth-order valence-electron chi connectivity index (χ4n) is 2.32. The maximum atomic E-state index is 13.6. The molecule has 28 heavy (non-hydrogen) atoms. The van der Waals surface area contributed by atoms with Crippen molar-refractivity contribution in [3.8, 4) is 5.75 Å². The molecule has 3 aromatic carbocycles. The van der Waals surface area contributed by atoms with Gasteiger partial charge in [0.2, 0.25) is 5.82 Å². The summed E-state index contributed by atoms with van der Waals surface area (Å²) in [6.07, 6.45) is 1.15. The Morgan fingerprint density at radius 2 is 1.32 bits per heavy atom. The molecule has 3 nitrogen and oxygen atoms in total. The normalized spacial score (nSPS) is 11.0. The Hall–Kier alpha value is -3.42. The zero-order valence-corrected chi connectivity index (χ0v) is 14.2. The molecular weight excluding hydrogens is 379 g/mol. The molecule has 0 bridgehead atoms. The smallest absolute Gasteiger partial charge is 0.200 e. The third kappa shape index (κ3) is 4.11. The van der Waals surface area contributed by atoms with E-state index in [0.717, 1.165) is 11.8 Å². The van der Waals surface area contributed by atoms with Crippen LogP contribution in [0.5, 0.6) is 5.75 Å². The SMILES string of the molecule is Fc1c(F)c(F)c(NN=Cc2ccccc2OCc2ccccc2)c(F)c1F. The van der Waals surface area contributed by atoms with Gasteiger partial charge in [0.05, 0.1) is 6.21 Å². The van der Waals surface area contributed by atoms with E-state index in [-0.39, 0.29) is 6.61 Å². The van der Waals surface area contributed by atoms with E-state index in [4.69, 9.17) is 4.74 Å². The average Bonchev–Trinajstić information content (AvgIpc) is 2.73. The lowest BCUT2D eigenvalue weighted by molar-refractivity contribution is 0.306. The molecule has 0 amide bonds. The Labute approximate surface area is 157 Å². The molecule has 3 aromatic rings. The number of ether oxygens (including phenoxy) is 1. The fourth-order valence-corrected chi connectivity index (χ4v) is 2.32. The molecule has 0 aliphatic heterocycles. The molecule has 0 aromatic heterocycles. The molecule has 1 N–H and O–H groups in total. The van der Waals surface area contributed by atoms with Crippen LogP contribution in [0.4, 0.5) is 27.6 Å². The molecule has 0 aliphatic carbocycles. The van der Waals surface area contributed by atoms with Crippen molar-refractivity contribution in [2.24, 2.45) is 5.10 Å². The Morgan fingerprint density at radius 1 is 0.750 bits per heavy atom. The van der Waals surface area contributed by atoms with Gasteiger partial charge in [-0.3, -0.25) is 5.43 Å². The summed E-state index contributed by atoms with van der Waals surface area (Å²) in [7, 11) is 0. The number of hydrazone groups is 1. The summed E-state index contributed by atoms with van der Waals surface area (Å²) in [5.74, 6) is -9.91. The average molecular weight is 392 g/mol. The monoisotopic (exact) mass is 392 g/mol. The van der Waals surface area contributed by atoms with E-state index >= 15 is 0 Å². The minimum Gasteiger partial charge on any atom is -0.488 e. The van der Waals surface area contributed by atoms with Gasteiger partial charge >= 0.3 is 0 Å². The van der Waals surface area contributed by atoms with Crippen molar-refractivity contribution in [1.29, 1.82) is 0 Å². The van der Waals surface area contributed by atoms with Gasteiger partial charge in [-0.2, -0.15) is 5.10 Å². The predicted molar refractivity (Wildman–Crippen MR) is 94.7 cm³/mol. The largest absolute Gasteiger partial charge is 0.488 e. The van der Waals surface area contributed by atoms with Crippen LogP contribution in [0.1, 0.15) is 11.1 Å². The van der Waals surface area contributed by atoms with Crippen LogP contribution in [-0.2, 0) is 6.61 Å². The summed E-state index contributed by atoms with van der Waals surface area (Å²) in [6.45, 7) is 0.275. The molecule has 3 rings (SSSR count). The van der Waals surface area contributed by atoms with Crippen molar-refractivity contribution in [2.45, 2.75) is 6.61 Å². The molecule has 8 heteroatoms. The highest BCUT2D eigenvalue weighted by Gasteiger charge is 2.25. The third-order valence-electron chi connectivity index (χ3n) is 3.75. The van der Waals surface area contributed by atoms with Crippen molar-refractivity contribution in [3.63, 3.8) is 0 Å². The van der Waals surface area contributed by atoms with Crippen LogP contribution in [0.3, 0.4) is 0 Å². The Balaban J connectivity index is 1.77. The number of halogens is 5. The first-order valence-corrected chi connectivity index (χ1v) is 8.05. The molecule has 144 valence electrons. The van der Waals surface area contributed by atoms with Crippen LogP contribution in [0.2, 0.25) is 0 Å². The van der Waals surface area contributed by atoms with Crippen LogP contribution < -0.4 is 10.2 Å². The second-order valence-corrected chi connectivity index (χ2v) is 5.63.